The summed E-state index contributed by atoms with van der Waals surface area (Å²) in [6.07, 6.45) is 12.4. The summed E-state index contributed by atoms with van der Waals surface area (Å²) in [6, 6.07) is 0. The molecular weight excluding hydrogens is 272 g/mol. The largest absolute Gasteiger partial charge is 0.389 e. The van der Waals surface area contributed by atoms with E-state index in [-0.39, 0.29) is 5.92 Å². The van der Waals surface area contributed by atoms with Gasteiger partial charge in [0, 0.05) is 6.42 Å². The molecule has 3 unspecified atom stereocenters. The summed E-state index contributed by atoms with van der Waals surface area (Å²) in [5.74, 6) is 0.513. The van der Waals surface area contributed by atoms with Crippen molar-refractivity contribution in [3.05, 3.63) is 35.5 Å². The van der Waals surface area contributed by atoms with Crippen molar-refractivity contribution >= 4 is 0 Å². The highest BCUT2D eigenvalue weighted by Gasteiger charge is 2.31. The van der Waals surface area contributed by atoms with Gasteiger partial charge in [-0.3, -0.25) is 0 Å². The van der Waals surface area contributed by atoms with Crippen molar-refractivity contribution in [2.75, 3.05) is 0 Å². The quantitative estimate of drug-likeness (QED) is 0.684. The van der Waals surface area contributed by atoms with Crippen LogP contribution in [0.5, 0.6) is 0 Å². The molecule has 0 aromatic rings. The molecule has 1 aliphatic carbocycles. The number of allylic oxidation sites excluding steroid dienone is 4. The molecule has 126 valence electrons. The molecule has 0 spiro atoms. The predicted molar refractivity (Wildman–Crippen MR) is 94.7 cm³/mol. The Morgan fingerprint density at radius 3 is 2.50 bits per heavy atom. The Labute approximate surface area is 136 Å². The van der Waals surface area contributed by atoms with Gasteiger partial charge in [-0.2, -0.15) is 0 Å². The van der Waals surface area contributed by atoms with Gasteiger partial charge in [-0.15, -0.1) is 0 Å². The van der Waals surface area contributed by atoms with Gasteiger partial charge in [0.2, 0.25) is 0 Å². The van der Waals surface area contributed by atoms with Crippen LogP contribution in [0.3, 0.4) is 0 Å². The number of aliphatic hydroxyl groups is 2. The normalized spacial score (nSPS) is 38.5. The molecule has 1 rings (SSSR count). The lowest BCUT2D eigenvalue weighted by Gasteiger charge is -2.32. The maximum atomic E-state index is 10.9. The third kappa shape index (κ3) is 6.10. The summed E-state index contributed by atoms with van der Waals surface area (Å²) in [5, 5.41) is 21.3. The number of aliphatic hydroxyl groups excluding tert-OH is 1. The zero-order chi connectivity index (χ0) is 16.8. The van der Waals surface area contributed by atoms with Crippen molar-refractivity contribution in [1.82, 2.24) is 0 Å². The molecule has 2 nitrogen and oxygen atoms in total. The highest BCUT2D eigenvalue weighted by molar-refractivity contribution is 5.13. The Balaban J connectivity index is 3.01. The first-order valence-corrected chi connectivity index (χ1v) is 8.66. The Bertz CT molecular complexity index is 431. The van der Waals surface area contributed by atoms with E-state index in [2.05, 4.69) is 32.1 Å². The molecule has 0 saturated heterocycles. The lowest BCUT2D eigenvalue weighted by Crippen LogP contribution is -2.37. The van der Waals surface area contributed by atoms with Crippen LogP contribution in [0.15, 0.2) is 35.5 Å². The van der Waals surface area contributed by atoms with Gasteiger partial charge < -0.3 is 10.2 Å². The zero-order valence-electron chi connectivity index (χ0n) is 15.0. The van der Waals surface area contributed by atoms with Crippen molar-refractivity contribution in [2.45, 2.75) is 78.4 Å². The minimum Gasteiger partial charge on any atom is -0.389 e. The molecule has 22 heavy (non-hydrogen) atoms. The van der Waals surface area contributed by atoms with Crippen molar-refractivity contribution < 1.29 is 10.2 Å². The minimum atomic E-state index is -0.946. The molecule has 2 heteroatoms. The van der Waals surface area contributed by atoms with Crippen LogP contribution in [0.4, 0.5) is 0 Å². The molecule has 1 aliphatic rings. The fourth-order valence-corrected chi connectivity index (χ4v) is 2.75. The highest BCUT2D eigenvalue weighted by Crippen LogP contribution is 2.28. The monoisotopic (exact) mass is 306 g/mol. The van der Waals surface area contributed by atoms with Crippen LogP contribution >= 0.6 is 0 Å². The Morgan fingerprint density at radius 1 is 1.18 bits per heavy atom. The van der Waals surface area contributed by atoms with Gasteiger partial charge in [0.1, 0.15) is 0 Å². The second kappa shape index (κ2) is 8.69. The van der Waals surface area contributed by atoms with E-state index in [4.69, 9.17) is 0 Å². The Kier molecular flexibility index (Phi) is 7.58. The SMILES string of the molecule is C/C1=C/CC/C(C)=C/CCC(C)/C=C/C(O)(C(C)C)CC1O. The van der Waals surface area contributed by atoms with Crippen LogP contribution in [0.25, 0.3) is 0 Å². The van der Waals surface area contributed by atoms with Crippen LogP contribution in [-0.4, -0.2) is 21.9 Å². The molecular formula is C20H34O2. The molecule has 0 heterocycles. The minimum absolute atomic E-state index is 0.0773. The average molecular weight is 306 g/mol. The van der Waals surface area contributed by atoms with E-state index in [1.54, 1.807) is 0 Å². The first-order valence-electron chi connectivity index (χ1n) is 8.66. The predicted octanol–water partition coefficient (Wildman–Crippen LogP) is 4.78. The first kappa shape index (κ1) is 19.2. The second-order valence-electron chi connectivity index (χ2n) is 7.32. The van der Waals surface area contributed by atoms with Crippen LogP contribution in [-0.2, 0) is 0 Å². The van der Waals surface area contributed by atoms with Crippen molar-refractivity contribution in [2.24, 2.45) is 11.8 Å². The van der Waals surface area contributed by atoms with Crippen molar-refractivity contribution in [1.29, 1.82) is 0 Å². The van der Waals surface area contributed by atoms with E-state index in [1.807, 2.05) is 26.8 Å². The number of hydrogen-bond donors (Lipinski definition) is 2. The van der Waals surface area contributed by atoms with Gasteiger partial charge in [0.05, 0.1) is 11.7 Å². The topological polar surface area (TPSA) is 40.5 Å². The maximum Gasteiger partial charge on any atom is 0.0878 e. The van der Waals surface area contributed by atoms with Gasteiger partial charge in [-0.25, -0.2) is 0 Å². The molecule has 2 N–H and O–H groups in total. The van der Waals surface area contributed by atoms with Gasteiger partial charge in [-0.05, 0) is 56.9 Å². The molecule has 3 atom stereocenters. The summed E-state index contributed by atoms with van der Waals surface area (Å²) in [6.45, 7) is 10.4. The van der Waals surface area contributed by atoms with Gasteiger partial charge in [0.15, 0.2) is 0 Å². The number of hydrogen-bond acceptors (Lipinski definition) is 2. The standard InChI is InChI=1S/C20H34O2/c1-15(2)20(22)13-12-17(4)9-6-8-16(3)10-7-11-18(5)19(21)14-20/h8,11-13,15,17,19,21-22H,6-7,9-10,14H2,1-5H3/b13-12+,16-8+,18-11-. The summed E-state index contributed by atoms with van der Waals surface area (Å²) >= 11 is 0. The summed E-state index contributed by atoms with van der Waals surface area (Å²) < 4.78 is 0. The van der Waals surface area contributed by atoms with Gasteiger partial charge in [-0.1, -0.05) is 50.6 Å². The average Bonchev–Trinajstić information content (AvgIpc) is 2.44. The molecule has 0 bridgehead atoms. The maximum absolute atomic E-state index is 10.9. The van der Waals surface area contributed by atoms with E-state index < -0.39 is 11.7 Å². The smallest absolute Gasteiger partial charge is 0.0878 e. The van der Waals surface area contributed by atoms with Crippen LogP contribution in [0.1, 0.15) is 66.7 Å². The van der Waals surface area contributed by atoms with Gasteiger partial charge >= 0.3 is 0 Å². The first-order chi connectivity index (χ1) is 10.2. The van der Waals surface area contributed by atoms with E-state index in [0.29, 0.717) is 12.3 Å². The van der Waals surface area contributed by atoms with Crippen LogP contribution in [0, 0.1) is 11.8 Å². The Morgan fingerprint density at radius 2 is 1.86 bits per heavy atom. The third-order valence-electron chi connectivity index (χ3n) is 4.88. The molecule has 0 amide bonds. The second-order valence-corrected chi connectivity index (χ2v) is 7.32. The summed E-state index contributed by atoms with van der Waals surface area (Å²) in [5.41, 5.74) is 1.44. The van der Waals surface area contributed by atoms with E-state index >= 15 is 0 Å². The fraction of sp³-hybridized carbons (Fsp3) is 0.700. The van der Waals surface area contributed by atoms with Crippen LogP contribution < -0.4 is 0 Å². The highest BCUT2D eigenvalue weighted by atomic mass is 16.3. The lowest BCUT2D eigenvalue weighted by molar-refractivity contribution is 0.00153. The van der Waals surface area contributed by atoms with Crippen molar-refractivity contribution in [3.63, 3.8) is 0 Å². The zero-order valence-corrected chi connectivity index (χ0v) is 15.0. The molecule has 0 aromatic heterocycles. The molecule has 0 fully saturated rings. The summed E-state index contributed by atoms with van der Waals surface area (Å²) in [4.78, 5) is 0. The molecule has 0 saturated carbocycles. The fourth-order valence-electron chi connectivity index (χ4n) is 2.75. The third-order valence-corrected chi connectivity index (χ3v) is 4.88. The number of rotatable bonds is 1. The lowest BCUT2D eigenvalue weighted by atomic mass is 9.82. The molecule has 0 aliphatic heterocycles. The Hall–Kier alpha value is -0.860. The van der Waals surface area contributed by atoms with Gasteiger partial charge in [0.25, 0.3) is 0 Å². The molecule has 0 radical (unpaired) electrons. The van der Waals surface area contributed by atoms with E-state index in [1.165, 1.54) is 5.57 Å². The van der Waals surface area contributed by atoms with E-state index in [9.17, 15) is 10.2 Å². The van der Waals surface area contributed by atoms with Crippen LogP contribution in [0.2, 0.25) is 0 Å². The van der Waals surface area contributed by atoms with E-state index in [0.717, 1.165) is 31.3 Å². The molecule has 0 aromatic carbocycles. The summed E-state index contributed by atoms with van der Waals surface area (Å²) in [7, 11) is 0. The van der Waals surface area contributed by atoms with Crippen molar-refractivity contribution in [3.8, 4) is 0 Å².